The van der Waals surface area contributed by atoms with Crippen LogP contribution in [0.5, 0.6) is 0 Å². The quantitative estimate of drug-likeness (QED) is 0.452. The number of hydrogen-bond donors (Lipinski definition) is 2. The van der Waals surface area contributed by atoms with Gasteiger partial charge < -0.3 is 19.6 Å². The first-order valence-electron chi connectivity index (χ1n) is 9.80. The monoisotopic (exact) mass is 417 g/mol. The fraction of sp³-hybridized carbons (Fsp3) is 0.167. The van der Waals surface area contributed by atoms with Crippen molar-refractivity contribution in [3.63, 3.8) is 0 Å². The summed E-state index contributed by atoms with van der Waals surface area (Å²) in [6.45, 7) is 3.50. The minimum Gasteiger partial charge on any atom is -0.467 e. The summed E-state index contributed by atoms with van der Waals surface area (Å²) in [5.74, 6) is 0.784. The highest BCUT2D eigenvalue weighted by Gasteiger charge is 2.15. The number of fused-ring (bicyclic) bond motifs is 1. The maximum atomic E-state index is 12.7. The molecule has 6 heteroatoms. The fourth-order valence-corrected chi connectivity index (χ4v) is 3.57. The van der Waals surface area contributed by atoms with Crippen molar-refractivity contribution >= 4 is 28.2 Å². The topological polar surface area (TPSA) is 61.3 Å². The predicted molar refractivity (Wildman–Crippen MR) is 123 cm³/mol. The van der Waals surface area contributed by atoms with Gasteiger partial charge in [-0.15, -0.1) is 0 Å². The third kappa shape index (κ3) is 4.78. The Kier molecular flexibility index (Phi) is 5.95. The summed E-state index contributed by atoms with van der Waals surface area (Å²) >= 11 is 5.67. The van der Waals surface area contributed by atoms with Gasteiger partial charge >= 0.3 is 0 Å². The van der Waals surface area contributed by atoms with E-state index >= 15 is 0 Å². The molecule has 0 aliphatic heterocycles. The van der Waals surface area contributed by atoms with Gasteiger partial charge in [0.25, 0.3) is 5.56 Å². The van der Waals surface area contributed by atoms with E-state index in [1.807, 2.05) is 72.5 Å². The second kappa shape index (κ2) is 8.97. The molecule has 0 atom stereocenters. The van der Waals surface area contributed by atoms with Crippen molar-refractivity contribution in [3.05, 3.63) is 106 Å². The van der Waals surface area contributed by atoms with Crippen LogP contribution in [0.2, 0.25) is 0 Å². The van der Waals surface area contributed by atoms with Crippen LogP contribution in [0.4, 0.5) is 0 Å². The molecule has 0 aliphatic rings. The van der Waals surface area contributed by atoms with Gasteiger partial charge in [-0.05, 0) is 60.4 Å². The van der Waals surface area contributed by atoms with Crippen LogP contribution in [0.1, 0.15) is 22.5 Å². The normalized spacial score (nSPS) is 10.8. The third-order valence-electron chi connectivity index (χ3n) is 4.94. The molecule has 152 valence electrons. The maximum Gasteiger partial charge on any atom is 0.253 e. The van der Waals surface area contributed by atoms with Crippen LogP contribution < -0.4 is 10.9 Å². The van der Waals surface area contributed by atoms with E-state index < -0.39 is 0 Å². The summed E-state index contributed by atoms with van der Waals surface area (Å²) in [4.78, 5) is 17.6. The van der Waals surface area contributed by atoms with Gasteiger partial charge in [0.2, 0.25) is 0 Å². The van der Waals surface area contributed by atoms with E-state index in [2.05, 4.69) is 16.4 Å². The highest BCUT2D eigenvalue weighted by molar-refractivity contribution is 7.80. The molecule has 30 heavy (non-hydrogen) atoms. The molecule has 4 rings (SSSR count). The first-order valence-corrected chi connectivity index (χ1v) is 10.2. The van der Waals surface area contributed by atoms with Crippen LogP contribution in [0, 0.1) is 6.92 Å². The van der Waals surface area contributed by atoms with Gasteiger partial charge in [-0.1, -0.05) is 42.0 Å². The predicted octanol–water partition coefficient (Wildman–Crippen LogP) is 4.51. The lowest BCUT2D eigenvalue weighted by atomic mass is 10.1. The molecular weight excluding hydrogens is 394 g/mol. The van der Waals surface area contributed by atoms with Crippen molar-refractivity contribution in [2.75, 3.05) is 0 Å². The van der Waals surface area contributed by atoms with E-state index in [9.17, 15) is 4.79 Å². The molecule has 5 nitrogen and oxygen atoms in total. The molecule has 2 aromatic carbocycles. The molecule has 0 saturated carbocycles. The summed E-state index contributed by atoms with van der Waals surface area (Å²) in [5, 5.41) is 4.87. The number of furan rings is 1. The number of nitrogens with one attached hydrogen (secondary N) is 2. The average molecular weight is 418 g/mol. The molecule has 0 unspecified atom stereocenters. The van der Waals surface area contributed by atoms with E-state index in [-0.39, 0.29) is 5.56 Å². The van der Waals surface area contributed by atoms with Gasteiger partial charge in [-0.25, -0.2) is 0 Å². The molecule has 0 bridgehead atoms. The first-order chi connectivity index (χ1) is 14.6. The molecule has 0 aliphatic carbocycles. The van der Waals surface area contributed by atoms with Crippen molar-refractivity contribution < 1.29 is 4.42 Å². The molecule has 4 aromatic rings. The highest BCUT2D eigenvalue weighted by atomic mass is 32.1. The van der Waals surface area contributed by atoms with Crippen molar-refractivity contribution in [2.24, 2.45) is 0 Å². The molecule has 0 radical (unpaired) electrons. The number of rotatable bonds is 6. The molecule has 2 N–H and O–H groups in total. The van der Waals surface area contributed by atoms with E-state index in [1.54, 1.807) is 6.26 Å². The highest BCUT2D eigenvalue weighted by Crippen LogP contribution is 2.16. The van der Waals surface area contributed by atoms with E-state index in [0.717, 1.165) is 27.8 Å². The van der Waals surface area contributed by atoms with Gasteiger partial charge in [0.1, 0.15) is 5.76 Å². The number of benzene rings is 2. The lowest BCUT2D eigenvalue weighted by Crippen LogP contribution is -2.39. The van der Waals surface area contributed by atoms with Gasteiger partial charge in [-0.2, -0.15) is 0 Å². The van der Waals surface area contributed by atoms with Crippen LogP contribution >= 0.6 is 12.2 Å². The zero-order chi connectivity index (χ0) is 20.9. The zero-order valence-electron chi connectivity index (χ0n) is 16.7. The lowest BCUT2D eigenvalue weighted by Gasteiger charge is -2.25. The van der Waals surface area contributed by atoms with Crippen molar-refractivity contribution in [1.29, 1.82) is 0 Å². The van der Waals surface area contributed by atoms with Crippen LogP contribution in [0.3, 0.4) is 0 Å². The number of aromatic amines is 1. The van der Waals surface area contributed by atoms with E-state index in [0.29, 0.717) is 30.3 Å². The van der Waals surface area contributed by atoms with Crippen molar-refractivity contribution in [3.8, 4) is 0 Å². The SMILES string of the molecule is Cc1ccc2[nH]c(=O)c(CN(Cc3ccco3)C(=S)NCc3ccccc3)cc2c1. The Bertz CT molecular complexity index is 1200. The Morgan fingerprint density at radius 3 is 2.67 bits per heavy atom. The van der Waals surface area contributed by atoms with Crippen LogP contribution in [-0.2, 0) is 19.6 Å². The third-order valence-corrected chi connectivity index (χ3v) is 5.34. The minimum atomic E-state index is -0.110. The molecule has 0 saturated heterocycles. The van der Waals surface area contributed by atoms with E-state index in [1.165, 1.54) is 0 Å². The maximum absolute atomic E-state index is 12.7. The lowest BCUT2D eigenvalue weighted by molar-refractivity contribution is 0.350. The molecule has 0 amide bonds. The van der Waals surface area contributed by atoms with E-state index in [4.69, 9.17) is 16.6 Å². The van der Waals surface area contributed by atoms with Gasteiger partial charge in [0, 0.05) is 17.6 Å². The van der Waals surface area contributed by atoms with Gasteiger partial charge in [-0.3, -0.25) is 4.79 Å². The van der Waals surface area contributed by atoms with Gasteiger partial charge in [0.15, 0.2) is 5.11 Å². The Labute approximate surface area is 180 Å². The summed E-state index contributed by atoms with van der Waals surface area (Å²) in [7, 11) is 0. The second-order valence-corrected chi connectivity index (χ2v) is 7.68. The van der Waals surface area contributed by atoms with Crippen molar-refractivity contribution in [2.45, 2.75) is 26.6 Å². The van der Waals surface area contributed by atoms with Gasteiger partial charge in [0.05, 0.1) is 19.4 Å². The minimum absolute atomic E-state index is 0.110. The zero-order valence-corrected chi connectivity index (χ0v) is 17.5. The second-order valence-electron chi connectivity index (χ2n) is 7.29. The fourth-order valence-electron chi connectivity index (χ4n) is 3.37. The number of H-pyrrole nitrogens is 1. The largest absolute Gasteiger partial charge is 0.467 e. The van der Waals surface area contributed by atoms with Crippen LogP contribution in [-0.4, -0.2) is 15.0 Å². The average Bonchev–Trinajstić information content (AvgIpc) is 3.26. The number of aromatic nitrogens is 1. The summed E-state index contributed by atoms with van der Waals surface area (Å²) in [6, 6.07) is 21.7. The van der Waals surface area contributed by atoms with Crippen LogP contribution in [0.15, 0.2) is 82.2 Å². The smallest absolute Gasteiger partial charge is 0.253 e. The summed E-state index contributed by atoms with van der Waals surface area (Å²) in [5.41, 5.74) is 3.66. The van der Waals surface area contributed by atoms with Crippen LogP contribution in [0.25, 0.3) is 10.9 Å². The number of hydrogen-bond acceptors (Lipinski definition) is 3. The van der Waals surface area contributed by atoms with Crippen molar-refractivity contribution in [1.82, 2.24) is 15.2 Å². The number of pyridine rings is 1. The Morgan fingerprint density at radius 2 is 1.90 bits per heavy atom. The Hall–Kier alpha value is -3.38. The summed E-state index contributed by atoms with van der Waals surface area (Å²) in [6.07, 6.45) is 1.64. The first kappa shape index (κ1) is 19.9. The summed E-state index contributed by atoms with van der Waals surface area (Å²) < 4.78 is 5.52. The number of thiocarbonyl (C=S) groups is 1. The molecular formula is C24H23N3O2S. The molecule has 0 spiro atoms. The number of nitrogens with zero attached hydrogens (tertiary/aromatic N) is 1. The molecule has 0 fully saturated rings. The molecule has 2 heterocycles. The standard InChI is InChI=1S/C24H23N3O2S/c1-17-9-10-22-19(12-17)13-20(23(28)26-22)15-27(16-21-8-5-11-29-21)24(30)25-14-18-6-3-2-4-7-18/h2-13H,14-16H2,1H3,(H,25,30)(H,26,28). The number of aryl methyl sites for hydroxylation is 1. The molecule has 2 aromatic heterocycles. The Morgan fingerprint density at radius 1 is 1.07 bits per heavy atom. The Balaban J connectivity index is 1.58.